The van der Waals surface area contributed by atoms with Crippen molar-refractivity contribution in [1.82, 2.24) is 0 Å². The van der Waals surface area contributed by atoms with Crippen LogP contribution in [0.4, 0.5) is 5.69 Å². The van der Waals surface area contributed by atoms with Gasteiger partial charge in [-0.15, -0.1) is 0 Å². The largest absolute Gasteiger partial charge is 0.336 e. The van der Waals surface area contributed by atoms with Gasteiger partial charge in [0, 0.05) is 12.1 Å². The van der Waals surface area contributed by atoms with Gasteiger partial charge in [0.2, 0.25) is 0 Å². The maximum atomic E-state index is 12.7. The van der Waals surface area contributed by atoms with E-state index in [-0.39, 0.29) is 5.91 Å². The van der Waals surface area contributed by atoms with Crippen molar-refractivity contribution in [1.29, 1.82) is 0 Å². The molecular weight excluding hydrogens is 242 g/mol. The second-order valence-corrected chi connectivity index (χ2v) is 5.25. The summed E-state index contributed by atoms with van der Waals surface area (Å²) >= 11 is 0. The lowest BCUT2D eigenvalue weighted by Crippen LogP contribution is -2.41. The summed E-state index contributed by atoms with van der Waals surface area (Å²) in [4.78, 5) is 14.5. The minimum Gasteiger partial charge on any atom is -0.336 e. The second kappa shape index (κ2) is 4.32. The highest BCUT2D eigenvalue weighted by Crippen LogP contribution is 2.47. The van der Waals surface area contributed by atoms with Gasteiger partial charge in [-0.05, 0) is 31.9 Å². The van der Waals surface area contributed by atoms with Gasteiger partial charge in [-0.25, -0.2) is 0 Å². The zero-order chi connectivity index (χ0) is 13.6. The second-order valence-electron chi connectivity index (χ2n) is 5.25. The van der Waals surface area contributed by atoms with Crippen molar-refractivity contribution >= 4 is 11.6 Å². The maximum absolute atomic E-state index is 12.7. The van der Waals surface area contributed by atoms with Crippen molar-refractivity contribution in [3.8, 4) is 0 Å². The average molecular weight is 261 g/mol. The topological polar surface area (TPSA) is 38.8 Å². The molecular formula is C15H19NO3. The molecule has 0 saturated carbocycles. The number of nitrogens with zero attached hydrogens (tertiary/aromatic N) is 1. The van der Waals surface area contributed by atoms with Crippen LogP contribution in [0.3, 0.4) is 0 Å². The van der Waals surface area contributed by atoms with Crippen molar-refractivity contribution in [2.75, 3.05) is 24.7 Å². The van der Waals surface area contributed by atoms with E-state index in [1.54, 1.807) is 0 Å². The van der Waals surface area contributed by atoms with Crippen LogP contribution in [0.2, 0.25) is 0 Å². The first-order valence-electron chi connectivity index (χ1n) is 6.81. The summed E-state index contributed by atoms with van der Waals surface area (Å²) in [5.41, 5.74) is 4.08. The van der Waals surface area contributed by atoms with E-state index in [1.807, 2.05) is 24.8 Å². The maximum Gasteiger partial charge on any atom is 0.292 e. The first kappa shape index (κ1) is 12.6. The molecule has 0 unspecified atom stereocenters. The van der Waals surface area contributed by atoms with Crippen LogP contribution < -0.4 is 4.90 Å². The summed E-state index contributed by atoms with van der Waals surface area (Å²) in [5.74, 6) is -1.25. The molecule has 1 saturated heterocycles. The molecule has 0 bridgehead atoms. The Hall–Kier alpha value is -1.39. The zero-order valence-electron chi connectivity index (χ0n) is 11.7. The first-order chi connectivity index (χ1) is 9.10. The molecule has 2 aliphatic rings. The Morgan fingerprint density at radius 2 is 1.95 bits per heavy atom. The lowest BCUT2D eigenvalue weighted by atomic mass is 10.0. The average Bonchev–Trinajstić information content (AvgIpc) is 2.92. The Morgan fingerprint density at radius 1 is 1.26 bits per heavy atom. The number of amides is 1. The predicted octanol–water partition coefficient (Wildman–Crippen LogP) is 2.26. The van der Waals surface area contributed by atoms with E-state index in [0.29, 0.717) is 19.8 Å². The van der Waals surface area contributed by atoms with Gasteiger partial charge >= 0.3 is 0 Å². The van der Waals surface area contributed by atoms with Crippen molar-refractivity contribution in [3.05, 3.63) is 28.8 Å². The van der Waals surface area contributed by atoms with Crippen LogP contribution in [0.1, 0.15) is 30.0 Å². The summed E-state index contributed by atoms with van der Waals surface area (Å²) in [5, 5.41) is 0. The van der Waals surface area contributed by atoms with E-state index in [1.165, 1.54) is 0 Å². The van der Waals surface area contributed by atoms with Crippen LogP contribution in [0, 0.1) is 13.8 Å². The fourth-order valence-electron chi connectivity index (χ4n) is 3.09. The highest BCUT2D eigenvalue weighted by molar-refractivity contribution is 6.07. The van der Waals surface area contributed by atoms with Crippen molar-refractivity contribution in [3.63, 3.8) is 0 Å². The minimum absolute atomic E-state index is 0.0736. The molecule has 2 aliphatic heterocycles. The predicted molar refractivity (Wildman–Crippen MR) is 72.1 cm³/mol. The number of hydrogen-bond donors (Lipinski definition) is 0. The normalized spacial score (nSPS) is 20.4. The third kappa shape index (κ3) is 1.63. The van der Waals surface area contributed by atoms with Gasteiger partial charge in [-0.3, -0.25) is 4.79 Å². The number of fused-ring (bicyclic) bond motifs is 2. The Bertz CT molecular complexity index is 532. The van der Waals surface area contributed by atoms with Gasteiger partial charge < -0.3 is 14.4 Å². The van der Waals surface area contributed by atoms with Crippen molar-refractivity contribution < 1.29 is 14.3 Å². The summed E-state index contributed by atoms with van der Waals surface area (Å²) in [6.45, 7) is 7.77. The van der Waals surface area contributed by atoms with E-state index >= 15 is 0 Å². The number of ether oxygens (including phenoxy) is 2. The Kier molecular flexibility index (Phi) is 2.87. The first-order valence-corrected chi connectivity index (χ1v) is 6.81. The summed E-state index contributed by atoms with van der Waals surface area (Å²) in [6.07, 6.45) is 0.911. The Balaban J connectivity index is 2.21. The smallest absolute Gasteiger partial charge is 0.292 e. The van der Waals surface area contributed by atoms with Gasteiger partial charge in [0.15, 0.2) is 0 Å². The van der Waals surface area contributed by atoms with Gasteiger partial charge in [-0.2, -0.15) is 0 Å². The van der Waals surface area contributed by atoms with Crippen molar-refractivity contribution in [2.45, 2.75) is 33.0 Å². The fourth-order valence-corrected chi connectivity index (χ4v) is 3.09. The molecule has 0 radical (unpaired) electrons. The van der Waals surface area contributed by atoms with Gasteiger partial charge in [0.1, 0.15) is 0 Å². The minimum atomic E-state index is -1.18. The van der Waals surface area contributed by atoms with Crippen LogP contribution in [0.5, 0.6) is 0 Å². The zero-order valence-corrected chi connectivity index (χ0v) is 11.7. The molecule has 1 aromatic rings. The number of benzene rings is 1. The highest BCUT2D eigenvalue weighted by Gasteiger charge is 2.56. The molecule has 2 heterocycles. The highest BCUT2D eigenvalue weighted by atomic mass is 16.7. The molecule has 0 aliphatic carbocycles. The van der Waals surface area contributed by atoms with E-state index in [2.05, 4.69) is 13.0 Å². The molecule has 102 valence electrons. The molecule has 4 heteroatoms. The summed E-state index contributed by atoms with van der Waals surface area (Å²) in [6, 6.07) is 4.12. The molecule has 0 aromatic heterocycles. The number of anilines is 1. The molecule has 3 rings (SSSR count). The summed E-state index contributed by atoms with van der Waals surface area (Å²) < 4.78 is 11.4. The third-order valence-electron chi connectivity index (χ3n) is 3.74. The Morgan fingerprint density at radius 3 is 2.58 bits per heavy atom. The van der Waals surface area contributed by atoms with Gasteiger partial charge in [0.25, 0.3) is 11.7 Å². The third-order valence-corrected chi connectivity index (χ3v) is 3.74. The number of hydrogen-bond acceptors (Lipinski definition) is 3. The van der Waals surface area contributed by atoms with Crippen LogP contribution in [-0.4, -0.2) is 25.7 Å². The number of rotatable bonds is 2. The molecule has 19 heavy (non-hydrogen) atoms. The van der Waals surface area contributed by atoms with Crippen LogP contribution >= 0.6 is 0 Å². The lowest BCUT2D eigenvalue weighted by Gasteiger charge is -2.21. The summed E-state index contributed by atoms with van der Waals surface area (Å²) in [7, 11) is 0. The lowest BCUT2D eigenvalue weighted by molar-refractivity contribution is -0.180. The SMILES string of the molecule is CCCN1C(=O)C2(OCCO2)c2cc(C)cc(C)c21. The van der Waals surface area contributed by atoms with Crippen LogP contribution in [0.15, 0.2) is 12.1 Å². The van der Waals surface area contributed by atoms with Gasteiger partial charge in [-0.1, -0.05) is 18.6 Å². The van der Waals surface area contributed by atoms with E-state index in [9.17, 15) is 4.79 Å². The molecule has 0 N–H and O–H groups in total. The standard InChI is InChI=1S/C15H19NO3/c1-4-5-16-13-11(3)8-10(2)9-12(13)15(14(16)17)18-6-7-19-15/h8-9H,4-7H2,1-3H3. The van der Waals surface area contributed by atoms with Gasteiger partial charge in [0.05, 0.1) is 18.9 Å². The monoisotopic (exact) mass is 261 g/mol. The molecule has 1 aromatic carbocycles. The van der Waals surface area contributed by atoms with E-state index in [4.69, 9.17) is 9.47 Å². The molecule has 1 fully saturated rings. The number of carbonyl (C=O) groups is 1. The van der Waals surface area contributed by atoms with Crippen molar-refractivity contribution in [2.24, 2.45) is 0 Å². The van der Waals surface area contributed by atoms with E-state index in [0.717, 1.165) is 28.8 Å². The number of aryl methyl sites for hydroxylation is 2. The molecule has 1 amide bonds. The Labute approximate surface area is 113 Å². The van der Waals surface area contributed by atoms with Crippen LogP contribution in [-0.2, 0) is 20.1 Å². The molecule has 0 atom stereocenters. The number of carbonyl (C=O) groups excluding carboxylic acids is 1. The molecule has 1 spiro atoms. The van der Waals surface area contributed by atoms with Crippen LogP contribution in [0.25, 0.3) is 0 Å². The fraction of sp³-hybridized carbons (Fsp3) is 0.533. The van der Waals surface area contributed by atoms with E-state index < -0.39 is 5.79 Å². The quantitative estimate of drug-likeness (QED) is 0.819. The molecule has 4 nitrogen and oxygen atoms in total.